The minimum atomic E-state index is -0.431. The summed E-state index contributed by atoms with van der Waals surface area (Å²) in [4.78, 5) is 12.7. The Hall–Kier alpha value is -0.670. The Morgan fingerprint density at radius 3 is 2.80 bits per heavy atom. The molecule has 3 aliphatic carbocycles. The molecule has 2 bridgehead atoms. The Bertz CT molecular complexity index is 461. The lowest BCUT2D eigenvalue weighted by atomic mass is 9.58. The topological polar surface area (TPSA) is 35.5 Å². The van der Waals surface area contributed by atoms with E-state index in [0.717, 1.165) is 25.7 Å². The minimum Gasteiger partial charge on any atom is -0.347 e. The zero-order valence-corrected chi connectivity index (χ0v) is 12.3. The molecule has 0 aromatic rings. The van der Waals surface area contributed by atoms with E-state index in [-0.39, 0.29) is 11.3 Å². The van der Waals surface area contributed by atoms with Gasteiger partial charge in [-0.05, 0) is 38.0 Å². The molecule has 0 N–H and O–H groups in total. The maximum absolute atomic E-state index is 12.7. The zero-order valence-electron chi connectivity index (χ0n) is 12.3. The lowest BCUT2D eigenvalue weighted by Crippen LogP contribution is -2.50. The van der Waals surface area contributed by atoms with Crippen molar-refractivity contribution in [1.82, 2.24) is 0 Å². The van der Waals surface area contributed by atoms with Gasteiger partial charge in [0.05, 0.1) is 13.2 Å². The molecule has 1 aliphatic heterocycles. The van der Waals surface area contributed by atoms with Crippen molar-refractivity contribution in [2.24, 2.45) is 17.3 Å². The van der Waals surface area contributed by atoms with Crippen molar-refractivity contribution in [1.29, 1.82) is 0 Å². The Morgan fingerprint density at radius 1 is 1.20 bits per heavy atom. The third-order valence-electron chi connectivity index (χ3n) is 6.20. The fourth-order valence-electron chi connectivity index (χ4n) is 5.38. The molecule has 0 aromatic carbocycles. The lowest BCUT2D eigenvalue weighted by molar-refractivity contribution is -0.214. The average molecular weight is 276 g/mol. The van der Waals surface area contributed by atoms with Crippen LogP contribution in [0.4, 0.5) is 0 Å². The molecule has 3 unspecified atom stereocenters. The van der Waals surface area contributed by atoms with Crippen molar-refractivity contribution in [3.05, 3.63) is 11.6 Å². The first kappa shape index (κ1) is 13.0. The van der Waals surface area contributed by atoms with Gasteiger partial charge in [0.1, 0.15) is 5.78 Å². The Morgan fingerprint density at radius 2 is 2.00 bits per heavy atom. The maximum Gasteiger partial charge on any atom is 0.172 e. The normalized spacial score (nSPS) is 45.6. The number of hydrogen-bond donors (Lipinski definition) is 0. The molecule has 4 aliphatic rings. The van der Waals surface area contributed by atoms with Gasteiger partial charge < -0.3 is 9.47 Å². The molecular weight excluding hydrogens is 252 g/mol. The predicted molar refractivity (Wildman–Crippen MR) is 75.1 cm³/mol. The van der Waals surface area contributed by atoms with Crippen LogP contribution < -0.4 is 0 Å². The van der Waals surface area contributed by atoms with Crippen LogP contribution in [-0.2, 0) is 14.3 Å². The molecular formula is C17H24O3. The van der Waals surface area contributed by atoms with Crippen molar-refractivity contribution < 1.29 is 14.3 Å². The smallest absolute Gasteiger partial charge is 0.172 e. The van der Waals surface area contributed by atoms with Crippen LogP contribution in [0.15, 0.2) is 11.6 Å². The molecule has 3 fully saturated rings. The van der Waals surface area contributed by atoms with Gasteiger partial charge in [-0.1, -0.05) is 18.1 Å². The molecule has 3 nitrogen and oxygen atoms in total. The number of carbonyl (C=O) groups is 1. The number of hydrogen-bond acceptors (Lipinski definition) is 3. The number of ether oxygens (including phenoxy) is 2. The Labute approximate surface area is 120 Å². The Balaban J connectivity index is 1.80. The van der Waals surface area contributed by atoms with Gasteiger partial charge in [0.2, 0.25) is 0 Å². The van der Waals surface area contributed by atoms with E-state index >= 15 is 0 Å². The summed E-state index contributed by atoms with van der Waals surface area (Å²) in [5.41, 5.74) is 1.51. The van der Waals surface area contributed by atoms with Gasteiger partial charge in [-0.25, -0.2) is 0 Å². The van der Waals surface area contributed by atoms with Crippen molar-refractivity contribution in [3.8, 4) is 0 Å². The van der Waals surface area contributed by atoms with Crippen molar-refractivity contribution >= 4 is 5.78 Å². The summed E-state index contributed by atoms with van der Waals surface area (Å²) in [6.07, 6.45) is 9.66. The van der Waals surface area contributed by atoms with E-state index in [0.29, 0.717) is 31.3 Å². The summed E-state index contributed by atoms with van der Waals surface area (Å²) >= 11 is 0. The number of carbonyl (C=O) groups excluding carboxylic acids is 1. The van der Waals surface area contributed by atoms with Crippen molar-refractivity contribution in [2.75, 3.05) is 13.2 Å². The quantitative estimate of drug-likeness (QED) is 0.637. The second kappa shape index (κ2) is 4.41. The molecule has 1 spiro atoms. The van der Waals surface area contributed by atoms with Gasteiger partial charge in [-0.15, -0.1) is 0 Å². The first-order valence-electron chi connectivity index (χ1n) is 8.12. The van der Waals surface area contributed by atoms with Crippen molar-refractivity contribution in [3.63, 3.8) is 0 Å². The van der Waals surface area contributed by atoms with Crippen LogP contribution in [0.5, 0.6) is 0 Å². The zero-order chi connectivity index (χ0) is 13.8. The number of allylic oxidation sites excluding steroid dienone is 2. The molecule has 3 atom stereocenters. The summed E-state index contributed by atoms with van der Waals surface area (Å²) < 4.78 is 12.2. The average Bonchev–Trinajstić information content (AvgIpc) is 3.03. The summed E-state index contributed by atoms with van der Waals surface area (Å²) in [7, 11) is 0. The van der Waals surface area contributed by atoms with Gasteiger partial charge in [0.15, 0.2) is 5.79 Å². The largest absolute Gasteiger partial charge is 0.347 e. The second-order valence-electron chi connectivity index (χ2n) is 7.25. The standard InChI is InChI=1S/C17H24O3/c1-12-4-6-16-5-2-3-13(14(18)11-12)15(16)17(8-7-16)19-9-10-20-17/h4,13,15H,2-3,5-11H2,1H3/b12-4-. The Kier molecular flexibility index (Phi) is 2.87. The first-order valence-corrected chi connectivity index (χ1v) is 8.12. The molecule has 110 valence electrons. The summed E-state index contributed by atoms with van der Waals surface area (Å²) in [6, 6.07) is 0. The van der Waals surface area contributed by atoms with Crippen LogP contribution in [-0.4, -0.2) is 24.8 Å². The summed E-state index contributed by atoms with van der Waals surface area (Å²) in [5, 5.41) is 0. The third kappa shape index (κ3) is 1.69. The SMILES string of the molecule is C/C1=C/CC23CCCC(C(=O)C1)C2C1(CC3)OCCO1. The van der Waals surface area contributed by atoms with Crippen LogP contribution in [0.1, 0.15) is 51.9 Å². The maximum atomic E-state index is 12.7. The molecule has 3 heteroatoms. The first-order chi connectivity index (χ1) is 9.65. The molecule has 0 radical (unpaired) electrons. The number of Topliss-reactive ketones (excluding diaryl/α,β-unsaturated/α-hetero) is 1. The van der Waals surface area contributed by atoms with Gasteiger partial charge in [0, 0.05) is 24.7 Å². The molecule has 20 heavy (non-hydrogen) atoms. The van der Waals surface area contributed by atoms with E-state index in [1.807, 2.05) is 0 Å². The highest BCUT2D eigenvalue weighted by Crippen LogP contribution is 2.63. The molecule has 1 saturated heterocycles. The van der Waals surface area contributed by atoms with Crippen LogP contribution in [0.25, 0.3) is 0 Å². The molecule has 1 heterocycles. The van der Waals surface area contributed by atoms with Crippen molar-refractivity contribution in [2.45, 2.75) is 57.7 Å². The van der Waals surface area contributed by atoms with Crippen LogP contribution in [0.3, 0.4) is 0 Å². The molecule has 4 rings (SSSR count). The second-order valence-corrected chi connectivity index (χ2v) is 7.25. The molecule has 0 amide bonds. The van der Waals surface area contributed by atoms with E-state index < -0.39 is 5.79 Å². The van der Waals surface area contributed by atoms with E-state index in [9.17, 15) is 4.79 Å². The van der Waals surface area contributed by atoms with E-state index in [1.165, 1.54) is 18.4 Å². The van der Waals surface area contributed by atoms with Gasteiger partial charge >= 0.3 is 0 Å². The highest BCUT2D eigenvalue weighted by atomic mass is 16.7. The van der Waals surface area contributed by atoms with E-state index in [1.54, 1.807) is 0 Å². The van der Waals surface area contributed by atoms with Crippen LogP contribution in [0, 0.1) is 17.3 Å². The summed E-state index contributed by atoms with van der Waals surface area (Å²) in [6.45, 7) is 3.50. The van der Waals surface area contributed by atoms with E-state index in [4.69, 9.17) is 9.47 Å². The highest BCUT2D eigenvalue weighted by Gasteiger charge is 2.64. The monoisotopic (exact) mass is 276 g/mol. The fraction of sp³-hybridized carbons (Fsp3) is 0.824. The van der Waals surface area contributed by atoms with Crippen LogP contribution in [0.2, 0.25) is 0 Å². The van der Waals surface area contributed by atoms with Gasteiger partial charge in [-0.2, -0.15) is 0 Å². The number of rotatable bonds is 0. The minimum absolute atomic E-state index is 0.160. The fourth-order valence-corrected chi connectivity index (χ4v) is 5.38. The van der Waals surface area contributed by atoms with E-state index in [2.05, 4.69) is 13.0 Å². The number of ketones is 1. The summed E-state index contributed by atoms with van der Waals surface area (Å²) in [5.74, 6) is 0.448. The lowest BCUT2D eigenvalue weighted by Gasteiger charge is -2.48. The highest BCUT2D eigenvalue weighted by molar-refractivity contribution is 5.84. The predicted octanol–water partition coefficient (Wildman–Crippen LogP) is 3.24. The van der Waals surface area contributed by atoms with Gasteiger partial charge in [0.25, 0.3) is 0 Å². The molecule has 2 saturated carbocycles. The third-order valence-corrected chi connectivity index (χ3v) is 6.20. The molecule has 0 aromatic heterocycles. The van der Waals surface area contributed by atoms with Crippen LogP contribution >= 0.6 is 0 Å². The van der Waals surface area contributed by atoms with Gasteiger partial charge in [-0.3, -0.25) is 4.79 Å².